The molecule has 0 radical (unpaired) electrons. The van der Waals surface area contributed by atoms with E-state index in [9.17, 15) is 0 Å². The summed E-state index contributed by atoms with van der Waals surface area (Å²) in [7, 11) is 2.07. The summed E-state index contributed by atoms with van der Waals surface area (Å²) in [4.78, 5) is 2.22. The fourth-order valence-corrected chi connectivity index (χ4v) is 2.19. The van der Waals surface area contributed by atoms with Crippen molar-refractivity contribution in [3.63, 3.8) is 0 Å². The summed E-state index contributed by atoms with van der Waals surface area (Å²) in [6.45, 7) is 4.39. The molecule has 0 N–H and O–H groups in total. The molecule has 2 nitrogen and oxygen atoms in total. The number of hydrogen-bond donors (Lipinski definition) is 0. The zero-order valence-corrected chi connectivity index (χ0v) is 11.6. The van der Waals surface area contributed by atoms with E-state index in [0.29, 0.717) is 11.6 Å². The monoisotopic (exact) mass is 280 g/mol. The third-order valence-electron chi connectivity index (χ3n) is 2.79. The largest absolute Gasteiger partial charge is 0.372 e. The zero-order valence-electron chi connectivity index (χ0n) is 10.00. The van der Waals surface area contributed by atoms with E-state index in [4.69, 9.17) is 5.26 Å². The first kappa shape index (κ1) is 13.1. The Hall–Kier alpha value is -1.01. The Balaban J connectivity index is 2.95. The third kappa shape index (κ3) is 3.24. The van der Waals surface area contributed by atoms with Gasteiger partial charge >= 0.3 is 0 Å². The predicted octanol–water partition coefficient (Wildman–Crippen LogP) is 3.95. The second-order valence-corrected chi connectivity index (χ2v) is 4.97. The summed E-state index contributed by atoms with van der Waals surface area (Å²) in [5.74, 6) is 0. The van der Waals surface area contributed by atoms with Crippen molar-refractivity contribution in [1.82, 2.24) is 0 Å². The normalized spacial score (nSPS) is 11.9. The first-order valence-corrected chi connectivity index (χ1v) is 6.31. The number of nitriles is 1. The Morgan fingerprint density at radius 1 is 1.44 bits per heavy atom. The highest BCUT2D eigenvalue weighted by Gasteiger charge is 2.10. The molecule has 0 heterocycles. The lowest BCUT2D eigenvalue weighted by Crippen LogP contribution is -2.28. The quantitative estimate of drug-likeness (QED) is 0.835. The molecule has 0 aliphatic carbocycles. The number of halogens is 1. The van der Waals surface area contributed by atoms with Crippen molar-refractivity contribution >= 4 is 21.6 Å². The van der Waals surface area contributed by atoms with Crippen LogP contribution in [0.4, 0.5) is 5.69 Å². The van der Waals surface area contributed by atoms with E-state index in [1.54, 1.807) is 0 Å². The van der Waals surface area contributed by atoms with E-state index in [1.807, 2.05) is 18.2 Å². The Morgan fingerprint density at radius 3 is 2.69 bits per heavy atom. The van der Waals surface area contributed by atoms with Gasteiger partial charge in [-0.15, -0.1) is 0 Å². The molecule has 3 heteroatoms. The van der Waals surface area contributed by atoms with Crippen LogP contribution >= 0.6 is 15.9 Å². The Morgan fingerprint density at radius 2 is 2.12 bits per heavy atom. The standard InChI is InChI=1S/C13H17BrN2/c1-4-5-10(2)16(3)13-7-11(9-15)6-12(14)8-13/h6-8,10H,4-5H2,1-3H3. The van der Waals surface area contributed by atoms with Crippen LogP contribution in [0.1, 0.15) is 32.3 Å². The van der Waals surface area contributed by atoms with Gasteiger partial charge in [-0.05, 0) is 31.5 Å². The van der Waals surface area contributed by atoms with E-state index >= 15 is 0 Å². The van der Waals surface area contributed by atoms with Gasteiger partial charge in [-0.3, -0.25) is 0 Å². The van der Waals surface area contributed by atoms with Crippen LogP contribution in [0.25, 0.3) is 0 Å². The van der Waals surface area contributed by atoms with Crippen molar-refractivity contribution in [3.8, 4) is 6.07 Å². The summed E-state index contributed by atoms with van der Waals surface area (Å²) < 4.78 is 0.956. The minimum atomic E-state index is 0.492. The average molecular weight is 281 g/mol. The molecule has 0 amide bonds. The average Bonchev–Trinajstić information content (AvgIpc) is 2.27. The van der Waals surface area contributed by atoms with Crippen molar-refractivity contribution in [2.75, 3.05) is 11.9 Å². The summed E-state index contributed by atoms with van der Waals surface area (Å²) in [6.07, 6.45) is 2.33. The second-order valence-electron chi connectivity index (χ2n) is 4.06. The van der Waals surface area contributed by atoms with Gasteiger partial charge in [-0.25, -0.2) is 0 Å². The van der Waals surface area contributed by atoms with Crippen molar-refractivity contribution < 1.29 is 0 Å². The Labute approximate surface area is 106 Å². The molecular weight excluding hydrogens is 264 g/mol. The van der Waals surface area contributed by atoms with Crippen LogP contribution in [0.3, 0.4) is 0 Å². The fourth-order valence-electron chi connectivity index (χ4n) is 1.71. The molecule has 0 saturated heterocycles. The van der Waals surface area contributed by atoms with E-state index in [0.717, 1.165) is 16.6 Å². The fraction of sp³-hybridized carbons (Fsp3) is 0.462. The lowest BCUT2D eigenvalue weighted by atomic mass is 10.1. The lowest BCUT2D eigenvalue weighted by molar-refractivity contribution is 0.616. The number of nitrogens with zero attached hydrogens (tertiary/aromatic N) is 2. The molecule has 1 rings (SSSR count). The molecule has 86 valence electrons. The molecular formula is C13H17BrN2. The van der Waals surface area contributed by atoms with Gasteiger partial charge in [-0.2, -0.15) is 5.26 Å². The van der Waals surface area contributed by atoms with Gasteiger partial charge in [-0.1, -0.05) is 29.3 Å². The molecule has 1 aromatic carbocycles. The molecule has 0 fully saturated rings. The summed E-state index contributed by atoms with van der Waals surface area (Å²) >= 11 is 3.43. The highest BCUT2D eigenvalue weighted by Crippen LogP contribution is 2.24. The van der Waals surface area contributed by atoms with E-state index < -0.39 is 0 Å². The van der Waals surface area contributed by atoms with Crippen LogP contribution in [0, 0.1) is 11.3 Å². The highest BCUT2D eigenvalue weighted by atomic mass is 79.9. The zero-order chi connectivity index (χ0) is 12.1. The lowest BCUT2D eigenvalue weighted by Gasteiger charge is -2.27. The second kappa shape index (κ2) is 5.91. The molecule has 0 saturated carbocycles. The maximum Gasteiger partial charge on any atom is 0.0992 e. The number of rotatable bonds is 4. The van der Waals surface area contributed by atoms with Crippen LogP contribution in [-0.4, -0.2) is 13.1 Å². The van der Waals surface area contributed by atoms with Crippen LogP contribution < -0.4 is 4.90 Å². The van der Waals surface area contributed by atoms with Crippen molar-refractivity contribution in [3.05, 3.63) is 28.2 Å². The Bertz CT molecular complexity index is 395. The van der Waals surface area contributed by atoms with Crippen LogP contribution in [0.5, 0.6) is 0 Å². The number of hydrogen-bond acceptors (Lipinski definition) is 2. The van der Waals surface area contributed by atoms with E-state index in [1.165, 1.54) is 6.42 Å². The molecule has 0 aromatic heterocycles. The highest BCUT2D eigenvalue weighted by molar-refractivity contribution is 9.10. The molecule has 0 spiro atoms. The molecule has 1 atom stereocenters. The van der Waals surface area contributed by atoms with Gasteiger partial charge < -0.3 is 4.90 Å². The Kier molecular flexibility index (Phi) is 4.82. The summed E-state index contributed by atoms with van der Waals surface area (Å²) in [6, 6.07) is 8.48. The van der Waals surface area contributed by atoms with Gasteiger partial charge in [0.2, 0.25) is 0 Å². The van der Waals surface area contributed by atoms with Crippen molar-refractivity contribution in [1.29, 1.82) is 5.26 Å². The maximum absolute atomic E-state index is 8.92. The topological polar surface area (TPSA) is 27.0 Å². The minimum absolute atomic E-state index is 0.492. The van der Waals surface area contributed by atoms with Crippen LogP contribution in [0.2, 0.25) is 0 Å². The molecule has 1 aromatic rings. The predicted molar refractivity (Wildman–Crippen MR) is 71.6 cm³/mol. The summed E-state index contributed by atoms with van der Waals surface area (Å²) in [5, 5.41) is 8.92. The molecule has 16 heavy (non-hydrogen) atoms. The number of anilines is 1. The van der Waals surface area contributed by atoms with Gasteiger partial charge in [0.25, 0.3) is 0 Å². The minimum Gasteiger partial charge on any atom is -0.372 e. The van der Waals surface area contributed by atoms with Gasteiger partial charge in [0.1, 0.15) is 0 Å². The van der Waals surface area contributed by atoms with E-state index in [-0.39, 0.29) is 0 Å². The van der Waals surface area contributed by atoms with Gasteiger partial charge in [0.15, 0.2) is 0 Å². The van der Waals surface area contributed by atoms with Crippen LogP contribution in [-0.2, 0) is 0 Å². The van der Waals surface area contributed by atoms with Gasteiger partial charge in [0.05, 0.1) is 11.6 Å². The van der Waals surface area contributed by atoms with Crippen molar-refractivity contribution in [2.24, 2.45) is 0 Å². The summed E-state index contributed by atoms with van der Waals surface area (Å²) in [5.41, 5.74) is 1.78. The SMILES string of the molecule is CCCC(C)N(C)c1cc(Br)cc(C#N)c1. The molecule has 0 bridgehead atoms. The molecule has 1 unspecified atom stereocenters. The van der Waals surface area contributed by atoms with Gasteiger partial charge in [0, 0.05) is 23.2 Å². The first-order chi connectivity index (χ1) is 7.58. The third-order valence-corrected chi connectivity index (χ3v) is 3.24. The first-order valence-electron chi connectivity index (χ1n) is 5.52. The molecule has 0 aliphatic rings. The van der Waals surface area contributed by atoms with Crippen LogP contribution in [0.15, 0.2) is 22.7 Å². The smallest absolute Gasteiger partial charge is 0.0992 e. The number of benzene rings is 1. The van der Waals surface area contributed by atoms with E-state index in [2.05, 4.69) is 47.8 Å². The maximum atomic E-state index is 8.92. The van der Waals surface area contributed by atoms with Crippen molar-refractivity contribution in [2.45, 2.75) is 32.7 Å². The molecule has 0 aliphatic heterocycles.